The molecule has 1 atom stereocenters. The maximum Gasteiger partial charge on any atom is 0.0722 e. The van der Waals surface area contributed by atoms with Crippen molar-refractivity contribution in [1.82, 2.24) is 0 Å². The highest BCUT2D eigenvalue weighted by Gasteiger charge is 2.52. The molecule has 0 fully saturated rings. The van der Waals surface area contributed by atoms with E-state index in [0.29, 0.717) is 0 Å². The third-order valence-electron chi connectivity index (χ3n) is 12.1. The van der Waals surface area contributed by atoms with Gasteiger partial charge in [0, 0.05) is 22.1 Å². The molecule has 1 nitrogen and oxygen atoms in total. The first kappa shape index (κ1) is 30.6. The molecule has 7 aromatic carbocycles. The summed E-state index contributed by atoms with van der Waals surface area (Å²) in [5, 5.41) is 0. The van der Waals surface area contributed by atoms with Crippen molar-refractivity contribution in [3.63, 3.8) is 0 Å². The Kier molecular flexibility index (Phi) is 6.57. The molecule has 52 heavy (non-hydrogen) atoms. The Bertz CT molecular complexity index is 2640. The van der Waals surface area contributed by atoms with Gasteiger partial charge in [0.15, 0.2) is 0 Å². The normalized spacial score (nSPS) is 17.0. The van der Waals surface area contributed by atoms with E-state index in [1.807, 2.05) is 0 Å². The van der Waals surface area contributed by atoms with Crippen molar-refractivity contribution in [1.29, 1.82) is 0 Å². The number of fused-ring (bicyclic) bond motifs is 10. The van der Waals surface area contributed by atoms with Gasteiger partial charge in [-0.05, 0) is 86.3 Å². The van der Waals surface area contributed by atoms with Crippen LogP contribution in [-0.2, 0) is 10.8 Å². The molecule has 0 heterocycles. The van der Waals surface area contributed by atoms with E-state index in [0.717, 1.165) is 5.69 Å². The first-order valence-corrected chi connectivity index (χ1v) is 18.3. The Morgan fingerprint density at radius 3 is 1.58 bits per heavy atom. The van der Waals surface area contributed by atoms with Gasteiger partial charge < -0.3 is 4.90 Å². The molecule has 10 rings (SSSR count). The Morgan fingerprint density at radius 2 is 0.904 bits per heavy atom. The SMILES string of the molecule is C=CC1=C(C)c2ccccc2C12c1ccccc1-c1c(N(c3ccccc3-c3ccccc3)c3cccc4c3-c3ccccc3C4(C)C)cccc12. The molecule has 1 heteroatoms. The molecule has 0 aliphatic heterocycles. The third kappa shape index (κ3) is 3.88. The number of anilines is 3. The molecule has 0 aromatic heterocycles. The molecule has 3 aliphatic carbocycles. The van der Waals surface area contributed by atoms with Crippen LogP contribution >= 0.6 is 0 Å². The summed E-state index contributed by atoms with van der Waals surface area (Å²) >= 11 is 0. The van der Waals surface area contributed by atoms with Gasteiger partial charge in [0.1, 0.15) is 0 Å². The van der Waals surface area contributed by atoms with Crippen molar-refractivity contribution < 1.29 is 0 Å². The van der Waals surface area contributed by atoms with Crippen molar-refractivity contribution in [3.8, 4) is 33.4 Å². The van der Waals surface area contributed by atoms with Crippen molar-refractivity contribution in [3.05, 3.63) is 215 Å². The van der Waals surface area contributed by atoms with E-state index in [1.54, 1.807) is 0 Å². The van der Waals surface area contributed by atoms with Gasteiger partial charge >= 0.3 is 0 Å². The van der Waals surface area contributed by atoms with Gasteiger partial charge in [-0.1, -0.05) is 172 Å². The van der Waals surface area contributed by atoms with E-state index in [2.05, 4.69) is 202 Å². The largest absolute Gasteiger partial charge is 0.309 e. The fourth-order valence-corrected chi connectivity index (χ4v) is 9.93. The van der Waals surface area contributed by atoms with Crippen LogP contribution in [0.1, 0.15) is 54.2 Å². The first-order valence-electron chi connectivity index (χ1n) is 18.3. The molecular weight excluding hydrogens is 627 g/mol. The third-order valence-corrected chi connectivity index (χ3v) is 12.1. The Hall–Kier alpha value is -6.18. The van der Waals surface area contributed by atoms with Crippen LogP contribution in [0, 0.1) is 0 Å². The van der Waals surface area contributed by atoms with Gasteiger partial charge in [0.25, 0.3) is 0 Å². The average Bonchev–Trinajstić information content (AvgIpc) is 3.73. The summed E-state index contributed by atoms with van der Waals surface area (Å²) in [6, 6.07) is 60.7. The zero-order chi connectivity index (χ0) is 35.2. The van der Waals surface area contributed by atoms with E-state index in [4.69, 9.17) is 0 Å². The van der Waals surface area contributed by atoms with E-state index in [9.17, 15) is 0 Å². The van der Waals surface area contributed by atoms with Gasteiger partial charge in [-0.15, -0.1) is 0 Å². The van der Waals surface area contributed by atoms with E-state index in [-0.39, 0.29) is 5.41 Å². The monoisotopic (exact) mass is 665 g/mol. The smallest absolute Gasteiger partial charge is 0.0722 e. The summed E-state index contributed by atoms with van der Waals surface area (Å²) in [7, 11) is 0. The number of rotatable bonds is 5. The molecule has 0 N–H and O–H groups in total. The lowest BCUT2D eigenvalue weighted by atomic mass is 9.69. The molecule has 3 aliphatic rings. The minimum absolute atomic E-state index is 0.128. The molecule has 248 valence electrons. The van der Waals surface area contributed by atoms with Crippen molar-refractivity contribution in [2.24, 2.45) is 0 Å². The average molecular weight is 666 g/mol. The topological polar surface area (TPSA) is 3.24 Å². The summed E-state index contributed by atoms with van der Waals surface area (Å²) in [6.07, 6.45) is 2.11. The fraction of sp³-hybridized carbons (Fsp3) is 0.0980. The predicted octanol–water partition coefficient (Wildman–Crippen LogP) is 13.4. The van der Waals surface area contributed by atoms with Crippen molar-refractivity contribution >= 4 is 22.6 Å². The second kappa shape index (κ2) is 11.2. The zero-order valence-electron chi connectivity index (χ0n) is 29.8. The van der Waals surface area contributed by atoms with E-state index < -0.39 is 5.41 Å². The number of benzene rings is 7. The Labute approximate surface area is 306 Å². The van der Waals surface area contributed by atoms with Crippen LogP contribution in [0.3, 0.4) is 0 Å². The summed E-state index contributed by atoms with van der Waals surface area (Å²) in [5.74, 6) is 0. The Morgan fingerprint density at radius 1 is 0.442 bits per heavy atom. The van der Waals surface area contributed by atoms with Crippen LogP contribution in [0.4, 0.5) is 17.1 Å². The van der Waals surface area contributed by atoms with Crippen LogP contribution in [-0.4, -0.2) is 0 Å². The predicted molar refractivity (Wildman–Crippen MR) is 219 cm³/mol. The summed E-state index contributed by atoms with van der Waals surface area (Å²) in [5.41, 5.74) is 21.0. The van der Waals surface area contributed by atoms with Crippen LogP contribution in [0.25, 0.3) is 39.0 Å². The minimum atomic E-state index is -0.456. The molecule has 0 radical (unpaired) electrons. The van der Waals surface area contributed by atoms with Gasteiger partial charge in [0.2, 0.25) is 0 Å². The highest BCUT2D eigenvalue weighted by molar-refractivity contribution is 6.05. The highest BCUT2D eigenvalue weighted by Crippen LogP contribution is 2.65. The second-order valence-electron chi connectivity index (χ2n) is 14.9. The van der Waals surface area contributed by atoms with Gasteiger partial charge in [-0.25, -0.2) is 0 Å². The van der Waals surface area contributed by atoms with E-state index >= 15 is 0 Å². The summed E-state index contributed by atoms with van der Waals surface area (Å²) in [4.78, 5) is 2.57. The number of hydrogen-bond acceptors (Lipinski definition) is 1. The lowest BCUT2D eigenvalue weighted by Gasteiger charge is -2.34. The van der Waals surface area contributed by atoms with Crippen molar-refractivity contribution in [2.75, 3.05) is 4.90 Å². The first-order chi connectivity index (χ1) is 25.5. The van der Waals surface area contributed by atoms with Gasteiger partial charge in [-0.3, -0.25) is 0 Å². The quantitative estimate of drug-likeness (QED) is 0.177. The lowest BCUT2D eigenvalue weighted by Crippen LogP contribution is -2.26. The molecule has 0 saturated carbocycles. The van der Waals surface area contributed by atoms with Crippen LogP contribution < -0.4 is 4.90 Å². The summed E-state index contributed by atoms with van der Waals surface area (Å²) in [6.45, 7) is 11.4. The highest BCUT2D eigenvalue weighted by atomic mass is 15.2. The van der Waals surface area contributed by atoms with Gasteiger partial charge in [-0.2, -0.15) is 0 Å². The van der Waals surface area contributed by atoms with Crippen LogP contribution in [0.2, 0.25) is 0 Å². The minimum Gasteiger partial charge on any atom is -0.309 e. The number of nitrogens with zero attached hydrogens (tertiary/aromatic N) is 1. The molecule has 1 unspecified atom stereocenters. The molecular formula is C51H39N. The number of para-hydroxylation sites is 1. The number of hydrogen-bond donors (Lipinski definition) is 0. The lowest BCUT2D eigenvalue weighted by molar-refractivity contribution is 0.660. The standard InChI is InChI=1S/C51H39N/c1-5-39-33(2)35-21-9-14-26-41(35)51(39)42-27-15-11-24-38(42)49-44(51)29-18-32-47(49)52(45-30-16-12-22-36(45)34-19-7-6-8-20-34)46-31-17-28-43-48(46)37-23-10-13-25-40(37)50(43,3)4/h5-32H,1H2,2-4H3. The molecule has 1 spiro atoms. The van der Waals surface area contributed by atoms with Crippen LogP contribution in [0.15, 0.2) is 182 Å². The summed E-state index contributed by atoms with van der Waals surface area (Å²) < 4.78 is 0. The molecule has 0 saturated heterocycles. The molecule has 0 amide bonds. The fourth-order valence-electron chi connectivity index (χ4n) is 9.93. The second-order valence-corrected chi connectivity index (χ2v) is 14.9. The molecule has 7 aromatic rings. The van der Waals surface area contributed by atoms with Gasteiger partial charge in [0.05, 0.1) is 22.5 Å². The molecule has 0 bridgehead atoms. The Balaban J connectivity index is 1.35. The van der Waals surface area contributed by atoms with E-state index in [1.165, 1.54) is 89.3 Å². The maximum absolute atomic E-state index is 4.44. The van der Waals surface area contributed by atoms with Crippen molar-refractivity contribution in [2.45, 2.75) is 31.6 Å². The maximum atomic E-state index is 4.44. The number of allylic oxidation sites excluding steroid dienone is 3. The van der Waals surface area contributed by atoms with Crippen LogP contribution in [0.5, 0.6) is 0 Å². The zero-order valence-corrected chi connectivity index (χ0v) is 29.8.